The Morgan fingerprint density at radius 2 is 1.83 bits per heavy atom. The molecule has 0 fully saturated rings. The molecule has 9 nitrogen and oxygen atoms in total. The number of aliphatic hydroxyl groups is 1. The Labute approximate surface area is 180 Å². The van der Waals surface area contributed by atoms with Crippen LogP contribution in [0.1, 0.15) is 28.4 Å². The molecule has 29 heavy (non-hydrogen) atoms. The summed E-state index contributed by atoms with van der Waals surface area (Å²) in [5.74, 6) is -1.25. The molecule has 0 aromatic heterocycles. The van der Waals surface area contributed by atoms with Crippen molar-refractivity contribution in [2.45, 2.75) is 26.0 Å². The van der Waals surface area contributed by atoms with E-state index in [0.717, 1.165) is 9.13 Å². The molecule has 0 radical (unpaired) electrons. The van der Waals surface area contributed by atoms with Gasteiger partial charge in [0.05, 0.1) is 11.7 Å². The van der Waals surface area contributed by atoms with Gasteiger partial charge in [0, 0.05) is 14.8 Å². The number of carbonyl (C=O) groups is 2. The fraction of sp³-hybridized carbons (Fsp3) is 0.211. The van der Waals surface area contributed by atoms with Crippen LogP contribution in [0.3, 0.4) is 0 Å². The van der Waals surface area contributed by atoms with Gasteiger partial charge in [0.2, 0.25) is 0 Å². The van der Waals surface area contributed by atoms with E-state index in [0.29, 0.717) is 11.3 Å². The smallest absolute Gasteiger partial charge is 0.269 e. The number of anilines is 1. The fourth-order valence-electron chi connectivity index (χ4n) is 2.44. The SMILES string of the molecule is Cc1c(NC(C(=O)NNC(=O)c2ccc(N=O)cc2)[C@H](C)O)ccc(C#N)c1I. The zero-order chi connectivity index (χ0) is 21.6. The minimum Gasteiger partial charge on any atom is -0.391 e. The highest BCUT2D eigenvalue weighted by Crippen LogP contribution is 2.25. The van der Waals surface area contributed by atoms with Crippen molar-refractivity contribution in [2.75, 3.05) is 5.32 Å². The Balaban J connectivity index is 2.08. The summed E-state index contributed by atoms with van der Waals surface area (Å²) in [5, 5.41) is 24.8. The first kappa shape index (κ1) is 22.3. The third kappa shape index (κ3) is 5.49. The third-order valence-electron chi connectivity index (χ3n) is 4.12. The molecule has 2 aromatic carbocycles. The molecular weight excluding hydrogens is 489 g/mol. The van der Waals surface area contributed by atoms with Crippen LogP contribution in [0.2, 0.25) is 0 Å². The number of hydrazine groups is 1. The number of nitrogens with one attached hydrogen (secondary N) is 3. The van der Waals surface area contributed by atoms with Crippen molar-refractivity contribution in [1.82, 2.24) is 10.9 Å². The zero-order valence-electron chi connectivity index (χ0n) is 15.6. The van der Waals surface area contributed by atoms with E-state index in [1.165, 1.54) is 31.2 Å². The largest absolute Gasteiger partial charge is 0.391 e. The monoisotopic (exact) mass is 507 g/mol. The van der Waals surface area contributed by atoms with Gasteiger partial charge in [-0.15, -0.1) is 4.91 Å². The van der Waals surface area contributed by atoms with Gasteiger partial charge in [-0.1, -0.05) is 0 Å². The molecule has 1 unspecified atom stereocenters. The van der Waals surface area contributed by atoms with Crippen LogP contribution in [0, 0.1) is 26.7 Å². The molecule has 150 valence electrons. The molecule has 0 spiro atoms. The van der Waals surface area contributed by atoms with E-state index in [4.69, 9.17) is 5.26 Å². The summed E-state index contributed by atoms with van der Waals surface area (Å²) in [6, 6.07) is 9.83. The van der Waals surface area contributed by atoms with E-state index in [-0.39, 0.29) is 11.3 Å². The van der Waals surface area contributed by atoms with Gasteiger partial charge in [0.25, 0.3) is 11.8 Å². The first-order chi connectivity index (χ1) is 13.8. The molecule has 0 saturated carbocycles. The highest BCUT2D eigenvalue weighted by atomic mass is 127. The second-order valence-corrected chi connectivity index (χ2v) is 7.23. The molecule has 10 heteroatoms. The van der Waals surface area contributed by atoms with Crippen LogP contribution < -0.4 is 16.2 Å². The molecule has 2 atom stereocenters. The molecule has 0 heterocycles. The number of nitriles is 1. The summed E-state index contributed by atoms with van der Waals surface area (Å²) in [6.07, 6.45) is -1.07. The van der Waals surface area contributed by atoms with Gasteiger partial charge < -0.3 is 10.4 Å². The molecule has 2 rings (SSSR count). The van der Waals surface area contributed by atoms with E-state index in [1.54, 1.807) is 19.1 Å². The number of benzene rings is 2. The van der Waals surface area contributed by atoms with E-state index in [1.807, 2.05) is 22.6 Å². The summed E-state index contributed by atoms with van der Waals surface area (Å²) in [6.45, 7) is 3.23. The maximum absolute atomic E-state index is 12.5. The second-order valence-electron chi connectivity index (χ2n) is 6.16. The minimum atomic E-state index is -1.07. The predicted octanol–water partition coefficient (Wildman–Crippen LogP) is 2.49. The summed E-state index contributed by atoms with van der Waals surface area (Å²) >= 11 is 2.04. The Morgan fingerprint density at radius 1 is 1.17 bits per heavy atom. The van der Waals surface area contributed by atoms with E-state index in [9.17, 15) is 19.6 Å². The Kier molecular flexibility index (Phi) is 7.63. The lowest BCUT2D eigenvalue weighted by Crippen LogP contribution is -2.52. The van der Waals surface area contributed by atoms with Gasteiger partial charge >= 0.3 is 0 Å². The molecule has 0 saturated heterocycles. The van der Waals surface area contributed by atoms with Crippen molar-refractivity contribution in [1.29, 1.82) is 5.26 Å². The van der Waals surface area contributed by atoms with Crippen LogP contribution in [0.5, 0.6) is 0 Å². The van der Waals surface area contributed by atoms with Crippen LogP contribution in [-0.4, -0.2) is 29.1 Å². The van der Waals surface area contributed by atoms with Gasteiger partial charge in [0.1, 0.15) is 17.8 Å². The number of nitroso groups, excluding NO2 is 1. The number of halogens is 1. The average Bonchev–Trinajstić information content (AvgIpc) is 2.72. The van der Waals surface area contributed by atoms with Gasteiger partial charge in [-0.2, -0.15) is 5.26 Å². The molecule has 0 aliphatic heterocycles. The number of nitrogens with zero attached hydrogens (tertiary/aromatic N) is 2. The first-order valence-corrected chi connectivity index (χ1v) is 9.53. The van der Waals surface area contributed by atoms with Gasteiger partial charge in [-0.25, -0.2) is 0 Å². The topological polar surface area (TPSA) is 144 Å². The van der Waals surface area contributed by atoms with Crippen LogP contribution >= 0.6 is 22.6 Å². The van der Waals surface area contributed by atoms with Crippen molar-refractivity contribution in [3.63, 3.8) is 0 Å². The second kappa shape index (κ2) is 9.94. The molecule has 2 aromatic rings. The summed E-state index contributed by atoms with van der Waals surface area (Å²) in [4.78, 5) is 35.0. The van der Waals surface area contributed by atoms with Crippen molar-refractivity contribution < 1.29 is 14.7 Å². The highest BCUT2D eigenvalue weighted by molar-refractivity contribution is 14.1. The average molecular weight is 507 g/mol. The molecule has 2 amide bonds. The van der Waals surface area contributed by atoms with Gasteiger partial charge in [-0.3, -0.25) is 20.4 Å². The number of hydrogen-bond donors (Lipinski definition) is 4. The molecular formula is C19H18IN5O4. The summed E-state index contributed by atoms with van der Waals surface area (Å²) in [7, 11) is 0. The standard InChI is InChI=1S/C19H18IN5O4/c1-10-15(8-5-13(9-21)16(10)20)22-17(11(2)26)19(28)24-23-18(27)12-3-6-14(25-29)7-4-12/h3-8,11,17,22,26H,1-2H3,(H,23,27)(H,24,28)/t11-,17?/m0/s1. The summed E-state index contributed by atoms with van der Waals surface area (Å²) < 4.78 is 0.737. The van der Waals surface area contributed by atoms with Crippen LogP contribution in [-0.2, 0) is 4.79 Å². The highest BCUT2D eigenvalue weighted by Gasteiger charge is 2.25. The van der Waals surface area contributed by atoms with E-state index >= 15 is 0 Å². The van der Waals surface area contributed by atoms with Crippen molar-refractivity contribution in [3.8, 4) is 6.07 Å². The molecule has 4 N–H and O–H groups in total. The number of aliphatic hydroxyl groups excluding tert-OH is 1. The number of hydrogen-bond acceptors (Lipinski definition) is 7. The lowest BCUT2D eigenvalue weighted by molar-refractivity contribution is -0.124. The predicted molar refractivity (Wildman–Crippen MR) is 115 cm³/mol. The van der Waals surface area contributed by atoms with Crippen LogP contribution in [0.4, 0.5) is 11.4 Å². The molecule has 0 aliphatic rings. The Bertz CT molecular complexity index is 970. The maximum atomic E-state index is 12.5. The Hall–Kier alpha value is -3.04. The summed E-state index contributed by atoms with van der Waals surface area (Å²) in [5.41, 5.74) is 6.77. The van der Waals surface area contributed by atoms with Crippen molar-refractivity contribution in [2.24, 2.45) is 5.18 Å². The lowest BCUT2D eigenvalue weighted by atomic mass is 10.1. The quantitative estimate of drug-likeness (QED) is 0.269. The van der Waals surface area contributed by atoms with E-state index in [2.05, 4.69) is 27.4 Å². The molecule has 0 bridgehead atoms. The minimum absolute atomic E-state index is 0.177. The number of carbonyl (C=O) groups excluding carboxylic acids is 2. The Morgan fingerprint density at radius 3 is 2.38 bits per heavy atom. The van der Waals surface area contributed by atoms with Crippen molar-refractivity contribution >= 4 is 45.8 Å². The third-order valence-corrected chi connectivity index (χ3v) is 5.51. The van der Waals surface area contributed by atoms with Gasteiger partial charge in [0.15, 0.2) is 0 Å². The van der Waals surface area contributed by atoms with Crippen LogP contribution in [0.25, 0.3) is 0 Å². The van der Waals surface area contributed by atoms with Crippen LogP contribution in [0.15, 0.2) is 41.6 Å². The fourth-order valence-corrected chi connectivity index (χ4v) is 3.03. The molecule has 0 aliphatic carbocycles. The van der Waals surface area contributed by atoms with E-state index < -0.39 is 24.0 Å². The maximum Gasteiger partial charge on any atom is 0.269 e. The normalized spacial score (nSPS) is 12.2. The first-order valence-electron chi connectivity index (χ1n) is 8.46. The number of rotatable bonds is 6. The zero-order valence-corrected chi connectivity index (χ0v) is 17.7. The van der Waals surface area contributed by atoms with Crippen molar-refractivity contribution in [3.05, 3.63) is 61.6 Å². The van der Waals surface area contributed by atoms with Gasteiger partial charge in [-0.05, 0) is 83.6 Å². The lowest BCUT2D eigenvalue weighted by Gasteiger charge is -2.23. The number of amides is 2.